The number of carboxylic acid groups (broad SMARTS) is 1. The third-order valence-electron chi connectivity index (χ3n) is 3.31. The summed E-state index contributed by atoms with van der Waals surface area (Å²) in [5, 5.41) is 9.96. The Morgan fingerprint density at radius 3 is 2.38 bits per heavy atom. The zero-order valence-electron chi connectivity index (χ0n) is 12.3. The van der Waals surface area contributed by atoms with Crippen molar-refractivity contribution in [3.63, 3.8) is 0 Å². The largest absolute Gasteiger partial charge is 0.481 e. The first-order valence-electron chi connectivity index (χ1n) is 6.64. The lowest BCUT2D eigenvalue weighted by Gasteiger charge is -2.23. The highest BCUT2D eigenvalue weighted by Gasteiger charge is 2.22. The van der Waals surface area contributed by atoms with E-state index in [2.05, 4.69) is 0 Å². The fourth-order valence-electron chi connectivity index (χ4n) is 2.06. The minimum Gasteiger partial charge on any atom is -0.481 e. The molecule has 1 amide bonds. The van der Waals surface area contributed by atoms with Crippen molar-refractivity contribution in [3.05, 3.63) is 33.8 Å². The van der Waals surface area contributed by atoms with E-state index in [-0.39, 0.29) is 18.4 Å². The summed E-state index contributed by atoms with van der Waals surface area (Å²) >= 11 is 11.9. The average Bonchev–Trinajstić information content (AvgIpc) is 2.40. The van der Waals surface area contributed by atoms with Crippen LogP contribution in [0.3, 0.4) is 0 Å². The number of aliphatic carboxylic acids is 1. The SMILES string of the molecule is CC(CN(C)C(=O)C(C)Cc1ccc(Cl)cc1Cl)C(=O)O. The number of hydrogen-bond donors (Lipinski definition) is 1. The van der Waals surface area contributed by atoms with Gasteiger partial charge in [0.15, 0.2) is 0 Å². The summed E-state index contributed by atoms with van der Waals surface area (Å²) < 4.78 is 0. The second-order valence-electron chi connectivity index (χ2n) is 5.30. The molecule has 116 valence electrons. The van der Waals surface area contributed by atoms with Crippen LogP contribution in [0.2, 0.25) is 10.0 Å². The highest BCUT2D eigenvalue weighted by molar-refractivity contribution is 6.35. The van der Waals surface area contributed by atoms with Gasteiger partial charge in [0, 0.05) is 29.6 Å². The molecule has 0 saturated heterocycles. The van der Waals surface area contributed by atoms with E-state index in [1.807, 2.05) is 0 Å². The predicted octanol–water partition coefficient (Wildman–Crippen LogP) is 3.35. The summed E-state index contributed by atoms with van der Waals surface area (Å²) in [7, 11) is 1.61. The first kappa shape index (κ1) is 17.8. The minimum absolute atomic E-state index is 0.103. The van der Waals surface area contributed by atoms with Gasteiger partial charge >= 0.3 is 5.97 Å². The van der Waals surface area contributed by atoms with Crippen LogP contribution in [-0.2, 0) is 16.0 Å². The monoisotopic (exact) mass is 331 g/mol. The first-order valence-corrected chi connectivity index (χ1v) is 7.39. The Balaban J connectivity index is 2.67. The maximum absolute atomic E-state index is 12.2. The maximum Gasteiger partial charge on any atom is 0.308 e. The van der Waals surface area contributed by atoms with Gasteiger partial charge in [-0.15, -0.1) is 0 Å². The average molecular weight is 332 g/mol. The van der Waals surface area contributed by atoms with Crippen molar-refractivity contribution in [2.75, 3.05) is 13.6 Å². The number of halogens is 2. The summed E-state index contributed by atoms with van der Waals surface area (Å²) in [6.07, 6.45) is 0.487. The number of rotatable bonds is 6. The molecule has 1 aromatic carbocycles. The fraction of sp³-hybridized carbons (Fsp3) is 0.467. The van der Waals surface area contributed by atoms with Gasteiger partial charge in [0.2, 0.25) is 5.91 Å². The number of amides is 1. The van der Waals surface area contributed by atoms with Gasteiger partial charge in [-0.3, -0.25) is 9.59 Å². The Hall–Kier alpha value is -1.26. The highest BCUT2D eigenvalue weighted by Crippen LogP contribution is 2.24. The maximum atomic E-state index is 12.2. The van der Waals surface area contributed by atoms with E-state index in [1.54, 1.807) is 39.1 Å². The first-order chi connectivity index (χ1) is 9.72. The van der Waals surface area contributed by atoms with Gasteiger partial charge in [0.05, 0.1) is 5.92 Å². The quantitative estimate of drug-likeness (QED) is 0.869. The van der Waals surface area contributed by atoms with Crippen molar-refractivity contribution in [2.24, 2.45) is 11.8 Å². The molecule has 0 radical (unpaired) electrons. The lowest BCUT2D eigenvalue weighted by molar-refractivity contribution is -0.143. The number of carbonyl (C=O) groups is 2. The number of hydrogen-bond acceptors (Lipinski definition) is 2. The predicted molar refractivity (Wildman–Crippen MR) is 83.8 cm³/mol. The second-order valence-corrected chi connectivity index (χ2v) is 6.14. The summed E-state index contributed by atoms with van der Waals surface area (Å²) in [6.45, 7) is 3.56. The molecule has 0 aliphatic carbocycles. The zero-order valence-corrected chi connectivity index (χ0v) is 13.8. The summed E-state index contributed by atoms with van der Waals surface area (Å²) in [5.41, 5.74) is 0.849. The van der Waals surface area contributed by atoms with Crippen LogP contribution in [0.15, 0.2) is 18.2 Å². The molecule has 2 unspecified atom stereocenters. The van der Waals surface area contributed by atoms with Crippen LogP contribution in [0, 0.1) is 11.8 Å². The normalized spacial score (nSPS) is 13.6. The smallest absolute Gasteiger partial charge is 0.308 e. The van der Waals surface area contributed by atoms with Gasteiger partial charge in [-0.2, -0.15) is 0 Å². The molecule has 1 aromatic rings. The Bertz CT molecular complexity index is 534. The number of carboxylic acids is 1. The molecule has 0 aromatic heterocycles. The molecule has 0 saturated carbocycles. The molecule has 1 N–H and O–H groups in total. The highest BCUT2D eigenvalue weighted by atomic mass is 35.5. The van der Waals surface area contributed by atoms with Gasteiger partial charge < -0.3 is 10.0 Å². The third kappa shape index (κ3) is 5.21. The number of benzene rings is 1. The molecule has 0 heterocycles. The van der Waals surface area contributed by atoms with Crippen LogP contribution in [-0.4, -0.2) is 35.5 Å². The number of nitrogens with zero attached hydrogens (tertiary/aromatic N) is 1. The molecule has 1 rings (SSSR count). The Morgan fingerprint density at radius 1 is 1.24 bits per heavy atom. The van der Waals surface area contributed by atoms with E-state index in [4.69, 9.17) is 28.3 Å². The standard InChI is InChI=1S/C15H19Cl2NO3/c1-9(6-11-4-5-12(16)7-13(11)17)14(19)18(3)8-10(2)15(20)21/h4-5,7,9-10H,6,8H2,1-3H3,(H,20,21). The van der Waals surface area contributed by atoms with Gasteiger partial charge in [-0.1, -0.05) is 43.1 Å². The minimum atomic E-state index is -0.914. The van der Waals surface area contributed by atoms with E-state index in [9.17, 15) is 9.59 Å². The summed E-state index contributed by atoms with van der Waals surface area (Å²) in [4.78, 5) is 24.5. The molecule has 6 heteroatoms. The van der Waals surface area contributed by atoms with Crippen molar-refractivity contribution < 1.29 is 14.7 Å². The van der Waals surface area contributed by atoms with E-state index in [0.717, 1.165) is 5.56 Å². The lowest BCUT2D eigenvalue weighted by Crippen LogP contribution is -2.37. The molecule has 21 heavy (non-hydrogen) atoms. The van der Waals surface area contributed by atoms with Gasteiger partial charge in [-0.05, 0) is 24.1 Å². The van der Waals surface area contributed by atoms with Crippen LogP contribution < -0.4 is 0 Å². The van der Waals surface area contributed by atoms with Crippen LogP contribution in [0.1, 0.15) is 19.4 Å². The van der Waals surface area contributed by atoms with Gasteiger partial charge in [-0.25, -0.2) is 0 Å². The molecule has 0 aliphatic rings. The third-order valence-corrected chi connectivity index (χ3v) is 3.90. The van der Waals surface area contributed by atoms with Gasteiger partial charge in [0.25, 0.3) is 0 Å². The van der Waals surface area contributed by atoms with Crippen LogP contribution in [0.4, 0.5) is 0 Å². The lowest BCUT2D eigenvalue weighted by atomic mass is 9.99. The van der Waals surface area contributed by atoms with Crippen molar-refractivity contribution in [1.29, 1.82) is 0 Å². The molecule has 0 aliphatic heterocycles. The molecule has 0 spiro atoms. The van der Waals surface area contributed by atoms with E-state index in [0.29, 0.717) is 16.5 Å². The van der Waals surface area contributed by atoms with E-state index in [1.165, 1.54) is 4.90 Å². The molecule has 0 bridgehead atoms. The Kier molecular flexibility index (Phi) is 6.49. The van der Waals surface area contributed by atoms with Gasteiger partial charge in [0.1, 0.15) is 0 Å². The van der Waals surface area contributed by atoms with E-state index >= 15 is 0 Å². The molecule has 2 atom stereocenters. The van der Waals surface area contributed by atoms with Crippen LogP contribution in [0.25, 0.3) is 0 Å². The summed E-state index contributed by atoms with van der Waals surface area (Å²) in [5.74, 6) is -1.89. The molecular weight excluding hydrogens is 313 g/mol. The van der Waals surface area contributed by atoms with Crippen LogP contribution in [0.5, 0.6) is 0 Å². The Morgan fingerprint density at radius 2 is 1.86 bits per heavy atom. The zero-order chi connectivity index (χ0) is 16.2. The molecular formula is C15H19Cl2NO3. The van der Waals surface area contributed by atoms with Crippen molar-refractivity contribution >= 4 is 35.1 Å². The van der Waals surface area contributed by atoms with Crippen molar-refractivity contribution in [1.82, 2.24) is 4.90 Å². The van der Waals surface area contributed by atoms with E-state index < -0.39 is 11.9 Å². The van der Waals surface area contributed by atoms with Crippen molar-refractivity contribution in [2.45, 2.75) is 20.3 Å². The summed E-state index contributed by atoms with van der Waals surface area (Å²) in [6, 6.07) is 5.18. The Labute approximate surface area is 134 Å². The number of carbonyl (C=O) groups excluding carboxylic acids is 1. The molecule has 4 nitrogen and oxygen atoms in total. The fourth-order valence-corrected chi connectivity index (χ4v) is 2.55. The molecule has 0 fully saturated rings. The van der Waals surface area contributed by atoms with Crippen molar-refractivity contribution in [3.8, 4) is 0 Å². The second kappa shape index (κ2) is 7.66. The van der Waals surface area contributed by atoms with Crippen LogP contribution >= 0.6 is 23.2 Å². The topological polar surface area (TPSA) is 57.6 Å².